The van der Waals surface area contributed by atoms with Crippen molar-refractivity contribution in [2.75, 3.05) is 4.72 Å². The van der Waals surface area contributed by atoms with E-state index >= 15 is 0 Å². The van der Waals surface area contributed by atoms with Crippen LogP contribution < -0.4 is 4.72 Å². The molecule has 19 heavy (non-hydrogen) atoms. The third-order valence-electron chi connectivity index (χ3n) is 2.58. The molecule has 7 heteroatoms. The Balaban J connectivity index is 2.35. The lowest BCUT2D eigenvalue weighted by atomic mass is 10.1. The number of aryl methyl sites for hydroxylation is 2. The lowest BCUT2D eigenvalue weighted by Gasteiger charge is -2.09. The molecular formula is C12H14N2O3S2. The van der Waals surface area contributed by atoms with Crippen LogP contribution in [0.2, 0.25) is 0 Å². The number of hydrogen-bond donors (Lipinski definition) is 2. The Morgan fingerprint density at radius 2 is 2.16 bits per heavy atom. The highest BCUT2D eigenvalue weighted by Crippen LogP contribution is 2.28. The Morgan fingerprint density at radius 3 is 2.74 bits per heavy atom. The van der Waals surface area contributed by atoms with Gasteiger partial charge in [0.2, 0.25) is 0 Å². The van der Waals surface area contributed by atoms with Crippen LogP contribution in [-0.2, 0) is 16.4 Å². The van der Waals surface area contributed by atoms with Crippen LogP contribution in [0.3, 0.4) is 0 Å². The van der Waals surface area contributed by atoms with Gasteiger partial charge in [-0.25, -0.2) is 13.4 Å². The van der Waals surface area contributed by atoms with E-state index in [1.165, 1.54) is 12.3 Å². The second kappa shape index (κ2) is 5.18. The molecule has 2 N–H and O–H groups in total. The summed E-state index contributed by atoms with van der Waals surface area (Å²) in [7, 11) is -3.69. The first-order chi connectivity index (χ1) is 8.92. The first kappa shape index (κ1) is 13.8. The molecule has 0 amide bonds. The number of hydrogen-bond acceptors (Lipinski definition) is 5. The molecule has 0 unspecified atom stereocenters. The first-order valence-corrected chi connectivity index (χ1v) is 7.99. The summed E-state index contributed by atoms with van der Waals surface area (Å²) in [5.74, 6) is -0.0954. The Morgan fingerprint density at radius 1 is 1.42 bits per heavy atom. The van der Waals surface area contributed by atoms with E-state index in [4.69, 9.17) is 0 Å². The number of thiazole rings is 1. The van der Waals surface area contributed by atoms with Crippen LogP contribution in [0, 0.1) is 6.92 Å². The Hall–Kier alpha value is -1.60. The predicted molar refractivity (Wildman–Crippen MR) is 75.1 cm³/mol. The van der Waals surface area contributed by atoms with E-state index in [-0.39, 0.29) is 15.6 Å². The fraction of sp³-hybridized carbons (Fsp3) is 0.250. The van der Waals surface area contributed by atoms with Gasteiger partial charge in [0, 0.05) is 0 Å². The first-order valence-electron chi connectivity index (χ1n) is 5.69. The summed E-state index contributed by atoms with van der Waals surface area (Å²) in [5.41, 5.74) is 1.13. The highest BCUT2D eigenvalue weighted by molar-refractivity contribution is 7.94. The zero-order valence-corrected chi connectivity index (χ0v) is 12.2. The highest BCUT2D eigenvalue weighted by Gasteiger charge is 2.18. The summed E-state index contributed by atoms with van der Waals surface area (Å²) in [6, 6.07) is 4.86. The average molecular weight is 298 g/mol. The molecular weight excluding hydrogens is 284 g/mol. The third-order valence-corrected chi connectivity index (χ3v) is 5.32. The van der Waals surface area contributed by atoms with Gasteiger partial charge in [-0.15, -0.1) is 11.3 Å². The number of sulfonamides is 1. The molecule has 102 valence electrons. The summed E-state index contributed by atoms with van der Waals surface area (Å²) in [6.45, 7) is 3.69. The maximum atomic E-state index is 12.1. The standard InChI is InChI=1S/C12H14N2O3S2/c1-3-9-4-5-11(15)10(6-9)14-19(16,17)12-7-13-8(2)18-12/h4-7,14-15H,3H2,1-2H3. The van der Waals surface area contributed by atoms with Crippen LogP contribution >= 0.6 is 11.3 Å². The molecule has 0 bridgehead atoms. The summed E-state index contributed by atoms with van der Waals surface area (Å²) in [6.07, 6.45) is 2.07. The van der Waals surface area contributed by atoms with Gasteiger partial charge in [-0.05, 0) is 31.0 Å². The normalized spacial score (nSPS) is 11.5. The van der Waals surface area contributed by atoms with Gasteiger partial charge < -0.3 is 5.11 Å². The Labute approximate surface area is 116 Å². The van der Waals surface area contributed by atoms with Crippen LogP contribution in [0.4, 0.5) is 5.69 Å². The van der Waals surface area contributed by atoms with Crippen LogP contribution in [-0.4, -0.2) is 18.5 Å². The maximum Gasteiger partial charge on any atom is 0.273 e. The lowest BCUT2D eigenvalue weighted by Crippen LogP contribution is -2.11. The molecule has 0 aliphatic rings. The molecule has 0 saturated heterocycles. The smallest absolute Gasteiger partial charge is 0.273 e. The zero-order chi connectivity index (χ0) is 14.0. The molecule has 2 rings (SSSR count). The van der Waals surface area contributed by atoms with Crippen LogP contribution in [0.5, 0.6) is 5.75 Å². The van der Waals surface area contributed by atoms with Gasteiger partial charge in [-0.2, -0.15) is 0 Å². The number of aromatic nitrogens is 1. The minimum absolute atomic E-state index is 0.0954. The molecule has 0 spiro atoms. The van der Waals surface area contributed by atoms with Gasteiger partial charge in [0.15, 0.2) is 4.21 Å². The van der Waals surface area contributed by atoms with Crippen molar-refractivity contribution in [2.24, 2.45) is 0 Å². The third kappa shape index (κ3) is 3.05. The van der Waals surface area contributed by atoms with Gasteiger partial charge in [-0.3, -0.25) is 4.72 Å². The Bertz CT molecular complexity index is 693. The summed E-state index contributed by atoms with van der Waals surface area (Å²) in [5, 5.41) is 10.4. The number of rotatable bonds is 4. The van der Waals surface area contributed by atoms with Crippen molar-refractivity contribution in [1.82, 2.24) is 4.98 Å². The zero-order valence-electron chi connectivity index (χ0n) is 10.5. The van der Waals surface area contributed by atoms with Crippen molar-refractivity contribution in [3.8, 4) is 5.75 Å². The minimum Gasteiger partial charge on any atom is -0.506 e. The van der Waals surface area contributed by atoms with Crippen LogP contribution in [0.25, 0.3) is 0 Å². The molecule has 0 fully saturated rings. The van der Waals surface area contributed by atoms with E-state index in [2.05, 4.69) is 9.71 Å². The van der Waals surface area contributed by atoms with E-state index in [1.54, 1.807) is 19.1 Å². The lowest BCUT2D eigenvalue weighted by molar-refractivity contribution is 0.477. The Kier molecular flexibility index (Phi) is 3.77. The van der Waals surface area contributed by atoms with E-state index in [9.17, 15) is 13.5 Å². The molecule has 1 heterocycles. The topological polar surface area (TPSA) is 79.3 Å². The summed E-state index contributed by atoms with van der Waals surface area (Å²) >= 11 is 1.09. The van der Waals surface area contributed by atoms with E-state index in [0.29, 0.717) is 5.01 Å². The van der Waals surface area contributed by atoms with Crippen molar-refractivity contribution in [2.45, 2.75) is 24.5 Å². The maximum absolute atomic E-state index is 12.1. The number of anilines is 1. The van der Waals surface area contributed by atoms with Crippen molar-refractivity contribution >= 4 is 27.0 Å². The SMILES string of the molecule is CCc1ccc(O)c(NS(=O)(=O)c2cnc(C)s2)c1. The van der Waals surface area contributed by atoms with Gasteiger partial charge in [0.05, 0.1) is 16.9 Å². The van der Waals surface area contributed by atoms with Crippen molar-refractivity contribution in [1.29, 1.82) is 0 Å². The van der Waals surface area contributed by atoms with Gasteiger partial charge >= 0.3 is 0 Å². The van der Waals surface area contributed by atoms with Gasteiger partial charge in [-0.1, -0.05) is 13.0 Å². The minimum atomic E-state index is -3.69. The molecule has 2 aromatic rings. The molecule has 1 aromatic heterocycles. The second-order valence-electron chi connectivity index (χ2n) is 4.01. The molecule has 0 atom stereocenters. The van der Waals surface area contributed by atoms with Crippen molar-refractivity contribution < 1.29 is 13.5 Å². The molecule has 1 aromatic carbocycles. The predicted octanol–water partition coefficient (Wildman–Crippen LogP) is 2.52. The van der Waals surface area contributed by atoms with Crippen molar-refractivity contribution in [3.05, 3.63) is 35.0 Å². The molecule has 0 radical (unpaired) electrons. The average Bonchev–Trinajstić information content (AvgIpc) is 2.79. The molecule has 0 aliphatic carbocycles. The van der Waals surface area contributed by atoms with Gasteiger partial charge in [0.25, 0.3) is 10.0 Å². The van der Waals surface area contributed by atoms with Crippen LogP contribution in [0.1, 0.15) is 17.5 Å². The van der Waals surface area contributed by atoms with E-state index in [0.717, 1.165) is 23.3 Å². The molecule has 5 nitrogen and oxygen atoms in total. The fourth-order valence-corrected chi connectivity index (χ4v) is 3.72. The number of aromatic hydroxyl groups is 1. The van der Waals surface area contributed by atoms with Crippen LogP contribution in [0.15, 0.2) is 28.6 Å². The fourth-order valence-electron chi connectivity index (χ4n) is 1.55. The number of nitrogens with one attached hydrogen (secondary N) is 1. The van der Waals surface area contributed by atoms with Gasteiger partial charge in [0.1, 0.15) is 5.75 Å². The number of phenolic OH excluding ortho intramolecular Hbond substituents is 1. The van der Waals surface area contributed by atoms with E-state index in [1.807, 2.05) is 6.92 Å². The largest absolute Gasteiger partial charge is 0.506 e. The monoisotopic (exact) mass is 298 g/mol. The summed E-state index contributed by atoms with van der Waals surface area (Å²) in [4.78, 5) is 3.92. The van der Waals surface area contributed by atoms with Crippen molar-refractivity contribution in [3.63, 3.8) is 0 Å². The molecule has 0 saturated carbocycles. The highest BCUT2D eigenvalue weighted by atomic mass is 32.2. The molecule has 0 aliphatic heterocycles. The number of nitrogens with zero attached hydrogens (tertiary/aromatic N) is 1. The number of phenols is 1. The summed E-state index contributed by atoms with van der Waals surface area (Å²) < 4.78 is 26.7. The quantitative estimate of drug-likeness (QED) is 0.850. The van der Waals surface area contributed by atoms with E-state index < -0.39 is 10.0 Å². The second-order valence-corrected chi connectivity index (χ2v) is 7.15. The number of benzene rings is 1.